The SMILES string of the molecule is CCN(CC)c1nc(=S)c(Br)c(C)[nH]1. The minimum Gasteiger partial charge on any atom is -0.343 e. The molecule has 0 fully saturated rings. The Kier molecular flexibility index (Phi) is 4.07. The zero-order valence-corrected chi connectivity index (χ0v) is 11.0. The number of rotatable bonds is 3. The third-order valence-corrected chi connectivity index (χ3v) is 3.61. The molecule has 1 heterocycles. The summed E-state index contributed by atoms with van der Waals surface area (Å²) < 4.78 is 1.49. The van der Waals surface area contributed by atoms with Gasteiger partial charge in [-0.05, 0) is 36.7 Å². The van der Waals surface area contributed by atoms with Gasteiger partial charge < -0.3 is 9.88 Å². The summed E-state index contributed by atoms with van der Waals surface area (Å²) in [5.41, 5.74) is 1.02. The quantitative estimate of drug-likeness (QED) is 0.861. The largest absolute Gasteiger partial charge is 0.343 e. The van der Waals surface area contributed by atoms with E-state index in [2.05, 4.69) is 44.6 Å². The molecule has 0 radical (unpaired) electrons. The predicted octanol–water partition coefficient (Wildman–Crippen LogP) is 3.06. The van der Waals surface area contributed by atoms with Crippen molar-refractivity contribution in [3.05, 3.63) is 14.8 Å². The van der Waals surface area contributed by atoms with Crippen molar-refractivity contribution in [3.8, 4) is 0 Å². The van der Waals surface area contributed by atoms with E-state index in [9.17, 15) is 0 Å². The molecule has 0 spiro atoms. The molecule has 0 unspecified atom stereocenters. The molecule has 1 aromatic rings. The van der Waals surface area contributed by atoms with Crippen LogP contribution in [0.25, 0.3) is 0 Å². The maximum absolute atomic E-state index is 5.14. The molecule has 1 aromatic heterocycles. The molecule has 1 N–H and O–H groups in total. The summed E-state index contributed by atoms with van der Waals surface area (Å²) in [5.74, 6) is 0.848. The van der Waals surface area contributed by atoms with E-state index in [1.54, 1.807) is 0 Å². The normalized spacial score (nSPS) is 10.3. The Morgan fingerprint density at radius 3 is 2.43 bits per heavy atom. The standard InChI is InChI=1S/C9H14BrN3S/c1-4-13(5-2)9-11-6(3)7(10)8(14)12-9/h4-5H2,1-3H3,(H,11,12,14). The first-order chi connectivity index (χ1) is 6.60. The smallest absolute Gasteiger partial charge is 0.204 e. The number of hydrogen-bond acceptors (Lipinski definition) is 3. The maximum Gasteiger partial charge on any atom is 0.204 e. The Balaban J connectivity index is 3.18. The zero-order chi connectivity index (χ0) is 10.7. The van der Waals surface area contributed by atoms with Crippen LogP contribution in [0.2, 0.25) is 0 Å². The molecule has 0 aliphatic rings. The van der Waals surface area contributed by atoms with Crippen molar-refractivity contribution in [2.75, 3.05) is 18.0 Å². The third-order valence-electron chi connectivity index (χ3n) is 2.09. The van der Waals surface area contributed by atoms with E-state index in [0.29, 0.717) is 4.64 Å². The highest BCUT2D eigenvalue weighted by Crippen LogP contribution is 2.17. The Morgan fingerprint density at radius 1 is 1.43 bits per heavy atom. The van der Waals surface area contributed by atoms with Crippen LogP contribution in [0.4, 0.5) is 5.95 Å². The van der Waals surface area contributed by atoms with Gasteiger partial charge in [0, 0.05) is 18.8 Å². The van der Waals surface area contributed by atoms with Crippen LogP contribution in [0.15, 0.2) is 4.47 Å². The first kappa shape index (κ1) is 11.7. The van der Waals surface area contributed by atoms with E-state index in [4.69, 9.17) is 12.2 Å². The number of aryl methyl sites for hydroxylation is 1. The molecule has 3 nitrogen and oxygen atoms in total. The Morgan fingerprint density at radius 2 is 2.00 bits per heavy atom. The lowest BCUT2D eigenvalue weighted by atomic mass is 10.4. The molecule has 0 amide bonds. The van der Waals surface area contributed by atoms with Crippen molar-refractivity contribution in [3.63, 3.8) is 0 Å². The van der Waals surface area contributed by atoms with Gasteiger partial charge in [-0.1, -0.05) is 12.2 Å². The molecule has 78 valence electrons. The van der Waals surface area contributed by atoms with E-state index >= 15 is 0 Å². The van der Waals surface area contributed by atoms with Gasteiger partial charge in [0.05, 0.1) is 4.47 Å². The van der Waals surface area contributed by atoms with Gasteiger partial charge in [0.15, 0.2) is 0 Å². The third kappa shape index (κ3) is 2.33. The molecule has 14 heavy (non-hydrogen) atoms. The zero-order valence-electron chi connectivity index (χ0n) is 8.59. The van der Waals surface area contributed by atoms with Crippen LogP contribution in [0, 0.1) is 11.6 Å². The molecular weight excluding hydrogens is 262 g/mol. The van der Waals surface area contributed by atoms with Crippen LogP contribution in [0.3, 0.4) is 0 Å². The summed E-state index contributed by atoms with van der Waals surface area (Å²) in [4.78, 5) is 9.67. The van der Waals surface area contributed by atoms with E-state index in [1.807, 2.05) is 6.92 Å². The van der Waals surface area contributed by atoms with E-state index in [-0.39, 0.29) is 0 Å². The van der Waals surface area contributed by atoms with E-state index in [1.165, 1.54) is 0 Å². The lowest BCUT2D eigenvalue weighted by Gasteiger charge is -2.19. The van der Waals surface area contributed by atoms with Crippen molar-refractivity contribution >= 4 is 34.1 Å². The number of nitrogens with zero attached hydrogens (tertiary/aromatic N) is 2. The van der Waals surface area contributed by atoms with Gasteiger partial charge in [0.25, 0.3) is 0 Å². The van der Waals surface area contributed by atoms with Crippen molar-refractivity contribution in [2.24, 2.45) is 0 Å². The summed E-state index contributed by atoms with van der Waals surface area (Å²) in [7, 11) is 0. The van der Waals surface area contributed by atoms with Gasteiger partial charge in [0.1, 0.15) is 4.64 Å². The van der Waals surface area contributed by atoms with Crippen LogP contribution < -0.4 is 4.90 Å². The first-order valence-electron chi connectivity index (χ1n) is 4.61. The van der Waals surface area contributed by atoms with Crippen molar-refractivity contribution in [1.29, 1.82) is 0 Å². The molecule has 1 rings (SSSR count). The minimum atomic E-state index is 0.614. The van der Waals surface area contributed by atoms with Gasteiger partial charge in [-0.15, -0.1) is 0 Å². The lowest BCUT2D eigenvalue weighted by Crippen LogP contribution is -2.24. The monoisotopic (exact) mass is 275 g/mol. The number of anilines is 1. The van der Waals surface area contributed by atoms with E-state index in [0.717, 1.165) is 29.2 Å². The molecule has 5 heteroatoms. The van der Waals surface area contributed by atoms with Gasteiger partial charge in [-0.2, -0.15) is 0 Å². The fraction of sp³-hybridized carbons (Fsp3) is 0.556. The minimum absolute atomic E-state index is 0.614. The van der Waals surface area contributed by atoms with Crippen LogP contribution in [0.1, 0.15) is 19.5 Å². The number of nitrogens with one attached hydrogen (secondary N) is 1. The van der Waals surface area contributed by atoms with Crippen molar-refractivity contribution in [1.82, 2.24) is 9.97 Å². The Bertz CT molecular complexity index is 371. The molecule has 0 saturated heterocycles. The van der Waals surface area contributed by atoms with Gasteiger partial charge in [-0.25, -0.2) is 4.98 Å². The summed E-state index contributed by atoms with van der Waals surface area (Å²) in [6.07, 6.45) is 0. The fourth-order valence-corrected chi connectivity index (χ4v) is 1.66. The second-order valence-corrected chi connectivity index (χ2v) is 4.16. The molecule has 0 saturated carbocycles. The highest BCUT2D eigenvalue weighted by molar-refractivity contribution is 9.10. The molecule has 0 atom stereocenters. The second kappa shape index (κ2) is 4.89. The Hall–Kier alpha value is -0.420. The van der Waals surface area contributed by atoms with E-state index < -0.39 is 0 Å². The van der Waals surface area contributed by atoms with Gasteiger partial charge in [-0.3, -0.25) is 0 Å². The van der Waals surface area contributed by atoms with Crippen molar-refractivity contribution < 1.29 is 0 Å². The number of aromatic nitrogens is 2. The maximum atomic E-state index is 5.14. The first-order valence-corrected chi connectivity index (χ1v) is 5.81. The van der Waals surface area contributed by atoms with Gasteiger partial charge >= 0.3 is 0 Å². The molecule has 0 aliphatic heterocycles. The summed E-state index contributed by atoms with van der Waals surface area (Å²) in [6.45, 7) is 8.03. The van der Waals surface area contributed by atoms with Crippen LogP contribution >= 0.6 is 28.1 Å². The number of hydrogen-bond donors (Lipinski definition) is 1. The number of halogens is 1. The second-order valence-electron chi connectivity index (χ2n) is 2.98. The van der Waals surface area contributed by atoms with Gasteiger partial charge in [0.2, 0.25) is 5.95 Å². The number of aromatic amines is 1. The molecule has 0 aromatic carbocycles. The fourth-order valence-electron chi connectivity index (χ4n) is 1.23. The van der Waals surface area contributed by atoms with Crippen LogP contribution in [-0.4, -0.2) is 23.1 Å². The molecular formula is C9H14BrN3S. The summed E-state index contributed by atoms with van der Waals surface area (Å²) in [5, 5.41) is 0. The summed E-state index contributed by atoms with van der Waals surface area (Å²) in [6, 6.07) is 0. The van der Waals surface area contributed by atoms with Crippen molar-refractivity contribution in [2.45, 2.75) is 20.8 Å². The summed E-state index contributed by atoms with van der Waals surface area (Å²) >= 11 is 8.53. The predicted molar refractivity (Wildman–Crippen MR) is 65.4 cm³/mol. The average molecular weight is 276 g/mol. The van der Waals surface area contributed by atoms with Crippen LogP contribution in [-0.2, 0) is 0 Å². The molecule has 0 bridgehead atoms. The molecule has 0 aliphatic carbocycles. The topological polar surface area (TPSA) is 31.9 Å². The highest BCUT2D eigenvalue weighted by atomic mass is 79.9. The average Bonchev–Trinajstić information content (AvgIpc) is 2.16. The lowest BCUT2D eigenvalue weighted by molar-refractivity contribution is 0.812. The highest BCUT2D eigenvalue weighted by Gasteiger charge is 2.06. The van der Waals surface area contributed by atoms with Crippen LogP contribution in [0.5, 0.6) is 0 Å². The Labute approximate surface area is 97.7 Å². The number of H-pyrrole nitrogens is 1.